The molecule has 1 aliphatic rings. The third-order valence-electron chi connectivity index (χ3n) is 4.30. The van der Waals surface area contributed by atoms with Crippen LogP contribution in [0.25, 0.3) is 11.1 Å². The number of halogens is 4. The van der Waals surface area contributed by atoms with Gasteiger partial charge in [-0.05, 0) is 48.1 Å². The van der Waals surface area contributed by atoms with Crippen molar-refractivity contribution in [3.05, 3.63) is 59.2 Å². The molecule has 2 aromatic rings. The van der Waals surface area contributed by atoms with E-state index in [-0.39, 0.29) is 22.8 Å². The van der Waals surface area contributed by atoms with E-state index in [2.05, 4.69) is 0 Å². The predicted octanol–water partition coefficient (Wildman–Crippen LogP) is 5.14. The smallest absolute Gasteiger partial charge is 0.194 e. The molecule has 0 bridgehead atoms. The van der Waals surface area contributed by atoms with Crippen LogP contribution in [0, 0.1) is 23.3 Å². The zero-order valence-corrected chi connectivity index (χ0v) is 12.2. The van der Waals surface area contributed by atoms with Gasteiger partial charge in [-0.15, -0.1) is 0 Å². The van der Waals surface area contributed by atoms with Crippen molar-refractivity contribution in [3.63, 3.8) is 0 Å². The lowest BCUT2D eigenvalue weighted by Gasteiger charge is -2.21. The van der Waals surface area contributed by atoms with E-state index in [1.165, 1.54) is 12.1 Å². The van der Waals surface area contributed by atoms with E-state index < -0.39 is 23.3 Å². The van der Waals surface area contributed by atoms with Gasteiger partial charge in [0, 0.05) is 18.4 Å². The predicted molar refractivity (Wildman–Crippen MR) is 77.9 cm³/mol. The highest BCUT2D eigenvalue weighted by atomic mass is 19.2. The van der Waals surface area contributed by atoms with Crippen LogP contribution >= 0.6 is 0 Å². The van der Waals surface area contributed by atoms with Crippen LogP contribution in [0.3, 0.4) is 0 Å². The highest BCUT2D eigenvalue weighted by molar-refractivity contribution is 5.79. The largest absolute Gasteiger partial charge is 0.300 e. The van der Waals surface area contributed by atoms with E-state index in [1.54, 1.807) is 6.07 Å². The number of carbonyl (C=O) groups is 1. The van der Waals surface area contributed by atoms with Crippen molar-refractivity contribution in [2.45, 2.75) is 31.6 Å². The Labute approximate surface area is 130 Å². The molecule has 1 fully saturated rings. The van der Waals surface area contributed by atoms with E-state index in [0.29, 0.717) is 25.7 Å². The molecule has 1 nitrogen and oxygen atoms in total. The van der Waals surface area contributed by atoms with Crippen LogP contribution < -0.4 is 0 Å². The van der Waals surface area contributed by atoms with E-state index in [9.17, 15) is 22.4 Å². The summed E-state index contributed by atoms with van der Waals surface area (Å²) in [5, 5.41) is 0. The molecule has 0 spiro atoms. The van der Waals surface area contributed by atoms with Gasteiger partial charge in [-0.2, -0.15) is 0 Å². The minimum atomic E-state index is -1.57. The standard InChI is InChI=1S/C18H14F4O/c19-15-7-11(10-1-4-13(23)5-2-10)3-6-14(15)12-8-16(20)18(22)17(21)9-12/h3,6-10H,1-2,4-5H2. The van der Waals surface area contributed by atoms with Gasteiger partial charge in [0.1, 0.15) is 11.6 Å². The van der Waals surface area contributed by atoms with E-state index in [1.807, 2.05) is 0 Å². The van der Waals surface area contributed by atoms with Crippen LogP contribution in [0.15, 0.2) is 30.3 Å². The molecule has 1 aliphatic carbocycles. The molecular weight excluding hydrogens is 308 g/mol. The second kappa shape index (κ2) is 6.14. The van der Waals surface area contributed by atoms with Crippen molar-refractivity contribution in [2.24, 2.45) is 0 Å². The van der Waals surface area contributed by atoms with Gasteiger partial charge in [0.05, 0.1) is 0 Å². The molecule has 0 aliphatic heterocycles. The van der Waals surface area contributed by atoms with E-state index in [4.69, 9.17) is 0 Å². The monoisotopic (exact) mass is 322 g/mol. The molecule has 0 amide bonds. The fraction of sp³-hybridized carbons (Fsp3) is 0.278. The van der Waals surface area contributed by atoms with Crippen LogP contribution in [0.2, 0.25) is 0 Å². The van der Waals surface area contributed by atoms with Crippen molar-refractivity contribution in [3.8, 4) is 11.1 Å². The van der Waals surface area contributed by atoms with Crippen LogP contribution in [-0.4, -0.2) is 5.78 Å². The number of carbonyl (C=O) groups excluding carboxylic acids is 1. The Balaban J connectivity index is 1.92. The van der Waals surface area contributed by atoms with Gasteiger partial charge in [0.2, 0.25) is 0 Å². The van der Waals surface area contributed by atoms with Gasteiger partial charge in [-0.1, -0.05) is 12.1 Å². The van der Waals surface area contributed by atoms with E-state index >= 15 is 0 Å². The van der Waals surface area contributed by atoms with Gasteiger partial charge in [0.25, 0.3) is 0 Å². The Morgan fingerprint density at radius 1 is 0.826 bits per heavy atom. The molecule has 0 aromatic heterocycles. The van der Waals surface area contributed by atoms with Gasteiger partial charge in [0.15, 0.2) is 17.5 Å². The van der Waals surface area contributed by atoms with Crippen LogP contribution in [0.1, 0.15) is 37.2 Å². The average Bonchev–Trinajstić information content (AvgIpc) is 2.53. The zero-order valence-electron chi connectivity index (χ0n) is 12.2. The third-order valence-corrected chi connectivity index (χ3v) is 4.30. The molecule has 0 radical (unpaired) electrons. The summed E-state index contributed by atoms with van der Waals surface area (Å²) in [4.78, 5) is 11.3. The summed E-state index contributed by atoms with van der Waals surface area (Å²) in [6.45, 7) is 0. The lowest BCUT2D eigenvalue weighted by molar-refractivity contribution is -0.120. The van der Waals surface area contributed by atoms with E-state index in [0.717, 1.165) is 17.7 Å². The van der Waals surface area contributed by atoms with Crippen molar-refractivity contribution in [1.82, 2.24) is 0 Å². The molecule has 5 heteroatoms. The molecule has 0 unspecified atom stereocenters. The average molecular weight is 322 g/mol. The first-order chi connectivity index (χ1) is 11.0. The highest BCUT2D eigenvalue weighted by Crippen LogP contribution is 2.34. The molecule has 0 atom stereocenters. The van der Waals surface area contributed by atoms with Crippen molar-refractivity contribution >= 4 is 5.78 Å². The summed E-state index contributed by atoms with van der Waals surface area (Å²) >= 11 is 0. The molecule has 120 valence electrons. The molecular formula is C18H14F4O. The number of hydrogen-bond acceptors (Lipinski definition) is 1. The second-order valence-electron chi connectivity index (χ2n) is 5.81. The van der Waals surface area contributed by atoms with Crippen molar-refractivity contribution < 1.29 is 22.4 Å². The normalized spacial score (nSPS) is 15.9. The first-order valence-corrected chi connectivity index (χ1v) is 7.42. The first kappa shape index (κ1) is 15.7. The number of benzene rings is 2. The maximum Gasteiger partial charge on any atom is 0.194 e. The Bertz CT molecular complexity index is 737. The fourth-order valence-electron chi connectivity index (χ4n) is 3.00. The third kappa shape index (κ3) is 3.14. The first-order valence-electron chi connectivity index (χ1n) is 7.42. The lowest BCUT2D eigenvalue weighted by atomic mass is 9.83. The quantitative estimate of drug-likeness (QED) is 0.553. The van der Waals surface area contributed by atoms with Crippen LogP contribution in [0.4, 0.5) is 17.6 Å². The van der Waals surface area contributed by atoms with Gasteiger partial charge in [-0.3, -0.25) is 4.79 Å². The lowest BCUT2D eigenvalue weighted by Crippen LogP contribution is -2.12. The summed E-state index contributed by atoms with van der Waals surface area (Å²) in [7, 11) is 0. The topological polar surface area (TPSA) is 17.1 Å². The molecule has 0 saturated heterocycles. The molecule has 1 saturated carbocycles. The summed E-state index contributed by atoms with van der Waals surface area (Å²) in [6, 6.07) is 6.01. The summed E-state index contributed by atoms with van der Waals surface area (Å²) in [6.07, 6.45) is 2.33. The molecule has 0 N–H and O–H groups in total. The number of hydrogen-bond donors (Lipinski definition) is 0. The van der Waals surface area contributed by atoms with Crippen LogP contribution in [-0.2, 0) is 4.79 Å². The highest BCUT2D eigenvalue weighted by Gasteiger charge is 2.21. The second-order valence-corrected chi connectivity index (χ2v) is 5.81. The summed E-state index contributed by atoms with van der Waals surface area (Å²) in [5.41, 5.74) is 0.726. The molecule has 2 aromatic carbocycles. The van der Waals surface area contributed by atoms with Crippen LogP contribution in [0.5, 0.6) is 0 Å². The number of ketones is 1. The van der Waals surface area contributed by atoms with Gasteiger partial charge >= 0.3 is 0 Å². The number of rotatable bonds is 2. The Morgan fingerprint density at radius 2 is 1.43 bits per heavy atom. The molecule has 23 heavy (non-hydrogen) atoms. The maximum absolute atomic E-state index is 14.3. The van der Waals surface area contributed by atoms with Gasteiger partial charge < -0.3 is 0 Å². The maximum atomic E-state index is 14.3. The minimum Gasteiger partial charge on any atom is -0.300 e. The SMILES string of the molecule is O=C1CCC(c2ccc(-c3cc(F)c(F)c(F)c3)c(F)c2)CC1. The Hall–Kier alpha value is -2.17. The van der Waals surface area contributed by atoms with Gasteiger partial charge in [-0.25, -0.2) is 17.6 Å². The summed E-state index contributed by atoms with van der Waals surface area (Å²) in [5.74, 6) is -4.57. The Kier molecular flexibility index (Phi) is 4.20. The molecule has 0 heterocycles. The zero-order chi connectivity index (χ0) is 16.6. The van der Waals surface area contributed by atoms with Crippen molar-refractivity contribution in [2.75, 3.05) is 0 Å². The minimum absolute atomic E-state index is 0.0124. The molecule has 3 rings (SSSR count). The van der Waals surface area contributed by atoms with Crippen molar-refractivity contribution in [1.29, 1.82) is 0 Å². The fourth-order valence-corrected chi connectivity index (χ4v) is 3.00. The summed E-state index contributed by atoms with van der Waals surface area (Å²) < 4.78 is 53.9. The Morgan fingerprint density at radius 3 is 2.00 bits per heavy atom. The number of Topliss-reactive ketones (excluding diaryl/α,β-unsaturated/α-hetero) is 1.